The van der Waals surface area contributed by atoms with Crippen molar-refractivity contribution in [3.63, 3.8) is 0 Å². The zero-order valence-electron chi connectivity index (χ0n) is 5.65. The molecule has 1 saturated heterocycles. The molecule has 0 saturated carbocycles. The fourth-order valence-electron chi connectivity index (χ4n) is 0.849. The van der Waals surface area contributed by atoms with E-state index in [1.807, 2.05) is 0 Å². The number of rotatable bonds is 0. The molecule has 0 radical (unpaired) electrons. The average molecular weight is 146 g/mol. The first kappa shape index (κ1) is 7.65. The molecule has 0 aromatic rings. The van der Waals surface area contributed by atoms with Crippen molar-refractivity contribution in [1.82, 2.24) is 0 Å². The van der Waals surface area contributed by atoms with Crippen LogP contribution in [-0.2, 0) is 9.53 Å². The number of aliphatic hydroxyl groups is 2. The number of Topliss-reactive ketones (excluding diaryl/α,β-unsaturated/α-hetero) is 1. The summed E-state index contributed by atoms with van der Waals surface area (Å²) in [6, 6.07) is 0. The Bertz CT molecular complexity index is 145. The van der Waals surface area contributed by atoms with E-state index in [9.17, 15) is 4.79 Å². The highest BCUT2D eigenvalue weighted by molar-refractivity contribution is 5.83. The summed E-state index contributed by atoms with van der Waals surface area (Å²) in [5.74, 6) is -0.169. The van der Waals surface area contributed by atoms with E-state index in [0.29, 0.717) is 0 Å². The smallest absolute Gasteiger partial charge is 0.182 e. The summed E-state index contributed by atoms with van der Waals surface area (Å²) in [5, 5.41) is 17.7. The number of ether oxygens (including phenoxy) is 1. The van der Waals surface area contributed by atoms with Crippen LogP contribution in [0.2, 0.25) is 0 Å². The number of hydrogen-bond donors (Lipinski definition) is 2. The fourth-order valence-corrected chi connectivity index (χ4v) is 0.849. The normalized spacial score (nSPS) is 41.9. The van der Waals surface area contributed by atoms with Crippen molar-refractivity contribution in [3.8, 4) is 0 Å². The number of ketones is 1. The summed E-state index contributed by atoms with van der Waals surface area (Å²) < 4.78 is 4.67. The lowest BCUT2D eigenvalue weighted by Gasteiger charge is -2.26. The lowest BCUT2D eigenvalue weighted by molar-refractivity contribution is -0.208. The van der Waals surface area contributed by atoms with Gasteiger partial charge < -0.3 is 14.9 Å². The van der Waals surface area contributed by atoms with E-state index in [2.05, 4.69) is 4.74 Å². The molecule has 10 heavy (non-hydrogen) atoms. The minimum Gasteiger partial charge on any atom is -0.387 e. The van der Waals surface area contributed by atoms with Crippen LogP contribution in [0.5, 0.6) is 0 Å². The predicted octanol–water partition coefficient (Wildman–Crippen LogP) is -0.956. The van der Waals surface area contributed by atoms with Crippen LogP contribution in [0.1, 0.15) is 13.3 Å². The molecule has 0 spiro atoms. The summed E-state index contributed by atoms with van der Waals surface area (Å²) >= 11 is 0. The van der Waals surface area contributed by atoms with Gasteiger partial charge in [-0.05, 0) is 6.92 Å². The number of carbonyl (C=O) groups excluding carboxylic acids is 1. The Hall–Kier alpha value is -0.450. The second-order valence-electron chi connectivity index (χ2n) is 2.41. The van der Waals surface area contributed by atoms with Crippen LogP contribution in [-0.4, -0.2) is 34.5 Å². The molecule has 0 bridgehead atoms. The summed E-state index contributed by atoms with van der Waals surface area (Å²) in [7, 11) is 0. The largest absolute Gasteiger partial charge is 0.387 e. The van der Waals surface area contributed by atoms with Crippen LogP contribution in [0, 0.1) is 0 Å². The van der Waals surface area contributed by atoms with E-state index in [1.54, 1.807) is 6.92 Å². The van der Waals surface area contributed by atoms with Crippen LogP contribution in [0.25, 0.3) is 0 Å². The van der Waals surface area contributed by atoms with Crippen molar-refractivity contribution >= 4 is 5.78 Å². The molecule has 3 unspecified atom stereocenters. The SMILES string of the molecule is CC1OC(O)C(O)CC1=O. The number of hydrogen-bond acceptors (Lipinski definition) is 4. The highest BCUT2D eigenvalue weighted by Gasteiger charge is 2.31. The number of carbonyl (C=O) groups is 1. The molecule has 2 N–H and O–H groups in total. The first-order valence-corrected chi connectivity index (χ1v) is 3.15. The second-order valence-corrected chi connectivity index (χ2v) is 2.41. The summed E-state index contributed by atoms with van der Waals surface area (Å²) in [6.45, 7) is 1.55. The van der Waals surface area contributed by atoms with Gasteiger partial charge in [-0.2, -0.15) is 0 Å². The van der Waals surface area contributed by atoms with Gasteiger partial charge in [0, 0.05) is 6.42 Å². The molecular weight excluding hydrogens is 136 g/mol. The molecule has 0 amide bonds. The van der Waals surface area contributed by atoms with Crippen LogP contribution >= 0.6 is 0 Å². The third kappa shape index (κ3) is 1.34. The monoisotopic (exact) mass is 146 g/mol. The van der Waals surface area contributed by atoms with Crippen LogP contribution in [0.4, 0.5) is 0 Å². The highest BCUT2D eigenvalue weighted by Crippen LogP contribution is 2.13. The van der Waals surface area contributed by atoms with E-state index in [4.69, 9.17) is 10.2 Å². The Morgan fingerprint density at radius 2 is 2.20 bits per heavy atom. The topological polar surface area (TPSA) is 66.8 Å². The fraction of sp³-hybridized carbons (Fsp3) is 0.833. The molecule has 1 aliphatic rings. The quantitative estimate of drug-likeness (QED) is 0.462. The average Bonchev–Trinajstić information content (AvgIpc) is 1.84. The number of aliphatic hydroxyl groups excluding tert-OH is 2. The molecule has 3 atom stereocenters. The first-order valence-electron chi connectivity index (χ1n) is 3.15. The Morgan fingerprint density at radius 3 is 2.70 bits per heavy atom. The molecule has 1 rings (SSSR count). The molecule has 1 aliphatic heterocycles. The van der Waals surface area contributed by atoms with Gasteiger partial charge in [0.1, 0.15) is 12.2 Å². The standard InChI is InChI=1S/C6H10O4/c1-3-4(7)2-5(8)6(9)10-3/h3,5-6,8-9H,2H2,1H3. The van der Waals surface area contributed by atoms with Gasteiger partial charge in [-0.1, -0.05) is 0 Å². The van der Waals surface area contributed by atoms with Gasteiger partial charge in [0.25, 0.3) is 0 Å². The van der Waals surface area contributed by atoms with Gasteiger partial charge in [-0.15, -0.1) is 0 Å². The predicted molar refractivity (Wildman–Crippen MR) is 32.2 cm³/mol. The molecule has 1 fully saturated rings. The van der Waals surface area contributed by atoms with Crippen molar-refractivity contribution in [1.29, 1.82) is 0 Å². The van der Waals surface area contributed by atoms with Gasteiger partial charge >= 0.3 is 0 Å². The van der Waals surface area contributed by atoms with Crippen LogP contribution in [0.3, 0.4) is 0 Å². The van der Waals surface area contributed by atoms with Gasteiger partial charge in [-0.25, -0.2) is 0 Å². The summed E-state index contributed by atoms with van der Waals surface area (Å²) in [5.41, 5.74) is 0. The molecule has 4 heteroatoms. The van der Waals surface area contributed by atoms with Crippen molar-refractivity contribution < 1.29 is 19.7 Å². The second kappa shape index (κ2) is 2.65. The van der Waals surface area contributed by atoms with Gasteiger partial charge in [0.05, 0.1) is 0 Å². The maximum Gasteiger partial charge on any atom is 0.182 e. The Labute approximate surface area is 58.4 Å². The van der Waals surface area contributed by atoms with E-state index >= 15 is 0 Å². The van der Waals surface area contributed by atoms with Crippen LogP contribution in [0.15, 0.2) is 0 Å². The molecule has 4 nitrogen and oxygen atoms in total. The van der Waals surface area contributed by atoms with Crippen molar-refractivity contribution in [2.24, 2.45) is 0 Å². The third-order valence-corrected chi connectivity index (χ3v) is 1.54. The highest BCUT2D eigenvalue weighted by atomic mass is 16.6. The lowest BCUT2D eigenvalue weighted by Crippen LogP contribution is -2.43. The van der Waals surface area contributed by atoms with Crippen molar-refractivity contribution in [3.05, 3.63) is 0 Å². The van der Waals surface area contributed by atoms with E-state index in [1.165, 1.54) is 0 Å². The first-order chi connectivity index (χ1) is 4.61. The molecule has 0 aromatic carbocycles. The molecule has 58 valence electrons. The Morgan fingerprint density at radius 1 is 1.60 bits per heavy atom. The van der Waals surface area contributed by atoms with Crippen molar-refractivity contribution in [2.75, 3.05) is 0 Å². The van der Waals surface area contributed by atoms with E-state index in [0.717, 1.165) is 0 Å². The van der Waals surface area contributed by atoms with Gasteiger partial charge in [0.15, 0.2) is 12.1 Å². The van der Waals surface area contributed by atoms with Crippen LogP contribution < -0.4 is 0 Å². The molecular formula is C6H10O4. The molecule has 0 aromatic heterocycles. The third-order valence-electron chi connectivity index (χ3n) is 1.54. The maximum absolute atomic E-state index is 10.8. The van der Waals surface area contributed by atoms with Gasteiger partial charge in [-0.3, -0.25) is 4.79 Å². The Balaban J connectivity index is 2.54. The Kier molecular flexibility index (Phi) is 2.03. The maximum atomic E-state index is 10.8. The van der Waals surface area contributed by atoms with E-state index in [-0.39, 0.29) is 12.2 Å². The van der Waals surface area contributed by atoms with Crippen molar-refractivity contribution in [2.45, 2.75) is 31.8 Å². The zero-order chi connectivity index (χ0) is 7.72. The molecule has 1 heterocycles. The summed E-state index contributed by atoms with van der Waals surface area (Å²) in [6.07, 6.45) is -2.85. The minimum absolute atomic E-state index is 0.0116. The summed E-state index contributed by atoms with van der Waals surface area (Å²) in [4.78, 5) is 10.8. The zero-order valence-corrected chi connectivity index (χ0v) is 5.65. The van der Waals surface area contributed by atoms with Gasteiger partial charge in [0.2, 0.25) is 0 Å². The van der Waals surface area contributed by atoms with E-state index < -0.39 is 18.5 Å². The lowest BCUT2D eigenvalue weighted by atomic mass is 10.1. The minimum atomic E-state index is -1.20. The molecule has 0 aliphatic carbocycles.